The molecule has 0 bridgehead atoms. The van der Waals surface area contributed by atoms with Crippen LogP contribution >= 0.6 is 35.3 Å². The quantitative estimate of drug-likeness (QED) is 0.214. The molecule has 1 aromatic heterocycles. The number of rotatable bonds is 10. The maximum atomic E-state index is 10.5. The van der Waals surface area contributed by atoms with Gasteiger partial charge in [-0.1, -0.05) is 13.8 Å². The molecule has 0 aliphatic carbocycles. The van der Waals surface area contributed by atoms with Crippen LogP contribution in [0.15, 0.2) is 21.8 Å². The molecule has 0 aliphatic heterocycles. The number of hydrogen-bond acceptors (Lipinski definition) is 4. The van der Waals surface area contributed by atoms with Crippen molar-refractivity contribution in [1.82, 2.24) is 15.5 Å². The zero-order valence-electron chi connectivity index (χ0n) is 15.3. The van der Waals surface area contributed by atoms with Crippen LogP contribution in [0.25, 0.3) is 0 Å². The Bertz CT molecular complexity index is 447. The van der Waals surface area contributed by atoms with Gasteiger partial charge in [-0.25, -0.2) is 4.99 Å². The Morgan fingerprint density at radius 2 is 2.00 bits per heavy atom. The molecular weight excluding hydrogens is 435 g/mol. The number of hydrogen-bond donors (Lipinski definition) is 3. The van der Waals surface area contributed by atoms with Gasteiger partial charge in [0.2, 0.25) is 0 Å². The summed E-state index contributed by atoms with van der Waals surface area (Å²) in [5, 5.41) is 21.1. The highest BCUT2D eigenvalue weighted by atomic mass is 127. The highest BCUT2D eigenvalue weighted by molar-refractivity contribution is 14.0. The lowest BCUT2D eigenvalue weighted by atomic mass is 10.00. The number of nitrogens with zero attached hydrogens (tertiary/aromatic N) is 2. The summed E-state index contributed by atoms with van der Waals surface area (Å²) >= 11 is 1.59. The third kappa shape index (κ3) is 8.64. The fraction of sp³-hybridized carbons (Fsp3) is 0.706. The van der Waals surface area contributed by atoms with Gasteiger partial charge in [0.1, 0.15) is 5.60 Å². The van der Waals surface area contributed by atoms with Crippen molar-refractivity contribution in [2.75, 3.05) is 39.3 Å². The summed E-state index contributed by atoms with van der Waals surface area (Å²) < 4.78 is 0. The smallest absolute Gasteiger partial charge is 0.191 e. The van der Waals surface area contributed by atoms with E-state index in [1.54, 1.807) is 11.3 Å². The third-order valence-electron chi connectivity index (χ3n) is 3.87. The van der Waals surface area contributed by atoms with Gasteiger partial charge >= 0.3 is 0 Å². The normalized spacial score (nSPS) is 14.2. The molecule has 0 saturated heterocycles. The monoisotopic (exact) mass is 468 g/mol. The summed E-state index contributed by atoms with van der Waals surface area (Å²) in [5.41, 5.74) is -0.00698. The minimum atomic E-state index is -0.927. The van der Waals surface area contributed by atoms with Gasteiger partial charge in [-0.15, -0.1) is 24.0 Å². The molecule has 0 fully saturated rings. The van der Waals surface area contributed by atoms with Crippen LogP contribution in [0.5, 0.6) is 0 Å². The number of guanidine groups is 1. The summed E-state index contributed by atoms with van der Waals surface area (Å²) in [6, 6.07) is 1.95. The molecule has 0 aromatic carbocycles. The van der Waals surface area contributed by atoms with E-state index in [1.165, 1.54) is 0 Å². The summed E-state index contributed by atoms with van der Waals surface area (Å²) in [7, 11) is 0. The first-order valence-electron chi connectivity index (χ1n) is 8.53. The second-order valence-electron chi connectivity index (χ2n) is 5.79. The molecule has 5 nitrogen and oxygen atoms in total. The Morgan fingerprint density at radius 1 is 1.29 bits per heavy atom. The lowest BCUT2D eigenvalue weighted by molar-refractivity contribution is 0.0677. The lowest BCUT2D eigenvalue weighted by Gasteiger charge is -2.21. The number of aliphatic imine (C=N–C) groups is 1. The van der Waals surface area contributed by atoms with Gasteiger partial charge in [0, 0.05) is 13.1 Å². The van der Waals surface area contributed by atoms with E-state index in [0.29, 0.717) is 6.54 Å². The van der Waals surface area contributed by atoms with E-state index in [0.717, 1.165) is 50.7 Å². The third-order valence-corrected chi connectivity index (χ3v) is 4.55. The van der Waals surface area contributed by atoms with Crippen LogP contribution in [-0.2, 0) is 5.60 Å². The van der Waals surface area contributed by atoms with E-state index < -0.39 is 5.60 Å². The van der Waals surface area contributed by atoms with Crippen LogP contribution < -0.4 is 10.6 Å². The molecule has 1 heterocycles. The average Bonchev–Trinajstić information content (AvgIpc) is 3.08. The highest BCUT2D eigenvalue weighted by Crippen LogP contribution is 2.23. The van der Waals surface area contributed by atoms with Crippen LogP contribution in [0, 0.1) is 0 Å². The maximum absolute atomic E-state index is 10.5. The molecule has 7 heteroatoms. The van der Waals surface area contributed by atoms with E-state index in [4.69, 9.17) is 0 Å². The molecule has 1 atom stereocenters. The van der Waals surface area contributed by atoms with Crippen molar-refractivity contribution in [1.29, 1.82) is 0 Å². The van der Waals surface area contributed by atoms with Gasteiger partial charge in [-0.3, -0.25) is 0 Å². The lowest BCUT2D eigenvalue weighted by Crippen LogP contribution is -2.40. The molecule has 0 saturated carbocycles. The predicted molar refractivity (Wildman–Crippen MR) is 116 cm³/mol. The Hall–Kier alpha value is -0.380. The second-order valence-corrected chi connectivity index (χ2v) is 6.57. The van der Waals surface area contributed by atoms with E-state index in [1.807, 2.05) is 30.7 Å². The van der Waals surface area contributed by atoms with Crippen molar-refractivity contribution in [3.63, 3.8) is 0 Å². The van der Waals surface area contributed by atoms with Crippen LogP contribution in [-0.4, -0.2) is 55.2 Å². The fourth-order valence-corrected chi connectivity index (χ4v) is 3.07. The molecule has 1 unspecified atom stereocenters. The molecule has 1 aromatic rings. The largest absolute Gasteiger partial charge is 0.383 e. The SMILES string of the molecule is CCNC(=NCC(C)(O)c1ccsc1)NCCCN(CC)CC.I. The van der Waals surface area contributed by atoms with E-state index in [2.05, 4.69) is 34.4 Å². The van der Waals surface area contributed by atoms with E-state index in [-0.39, 0.29) is 24.0 Å². The van der Waals surface area contributed by atoms with Crippen LogP contribution in [0.1, 0.15) is 39.7 Å². The van der Waals surface area contributed by atoms with Gasteiger partial charge in [0.05, 0.1) is 6.54 Å². The molecule has 0 amide bonds. The van der Waals surface area contributed by atoms with E-state index in [9.17, 15) is 5.11 Å². The van der Waals surface area contributed by atoms with Gasteiger partial charge < -0.3 is 20.6 Å². The molecule has 3 N–H and O–H groups in total. The van der Waals surface area contributed by atoms with Gasteiger partial charge in [0.25, 0.3) is 0 Å². The summed E-state index contributed by atoms with van der Waals surface area (Å²) in [6.07, 6.45) is 1.08. The average molecular weight is 468 g/mol. The first-order chi connectivity index (χ1) is 11.0. The Balaban J connectivity index is 0.00000529. The summed E-state index contributed by atoms with van der Waals surface area (Å²) in [5.74, 6) is 0.766. The summed E-state index contributed by atoms with van der Waals surface area (Å²) in [4.78, 5) is 6.94. The van der Waals surface area contributed by atoms with E-state index >= 15 is 0 Å². The molecule has 0 aliphatic rings. The van der Waals surface area contributed by atoms with Crippen molar-refractivity contribution in [2.24, 2.45) is 4.99 Å². The second kappa shape index (κ2) is 12.9. The van der Waals surface area contributed by atoms with Crippen LogP contribution in [0.3, 0.4) is 0 Å². The number of thiophene rings is 1. The molecule has 140 valence electrons. The molecule has 24 heavy (non-hydrogen) atoms. The standard InChI is InChI=1S/C17H32N4OS.HI/c1-5-18-16(19-10-8-11-21(6-2)7-3)20-14-17(4,22)15-9-12-23-13-15;/h9,12-13,22H,5-8,10-11,14H2,1-4H3,(H2,18,19,20);1H. The van der Waals surface area contributed by atoms with Crippen molar-refractivity contribution in [3.05, 3.63) is 22.4 Å². The Kier molecular flexibility index (Phi) is 12.7. The van der Waals surface area contributed by atoms with Crippen LogP contribution in [0.2, 0.25) is 0 Å². The Labute approximate surface area is 168 Å². The zero-order valence-corrected chi connectivity index (χ0v) is 18.5. The molecule has 1 rings (SSSR count). The first kappa shape index (κ1) is 23.6. The number of nitrogens with one attached hydrogen (secondary N) is 2. The minimum Gasteiger partial charge on any atom is -0.383 e. The molecule has 0 radical (unpaired) electrons. The van der Waals surface area contributed by atoms with Crippen molar-refractivity contribution in [2.45, 2.75) is 39.7 Å². The predicted octanol–water partition coefficient (Wildman–Crippen LogP) is 2.86. The molecule has 0 spiro atoms. The first-order valence-corrected chi connectivity index (χ1v) is 9.47. The minimum absolute atomic E-state index is 0. The molecular formula is C17H33IN4OS. The highest BCUT2D eigenvalue weighted by Gasteiger charge is 2.23. The van der Waals surface area contributed by atoms with Crippen molar-refractivity contribution in [3.8, 4) is 0 Å². The van der Waals surface area contributed by atoms with Crippen LogP contribution in [0.4, 0.5) is 0 Å². The maximum Gasteiger partial charge on any atom is 0.191 e. The van der Waals surface area contributed by atoms with Crippen molar-refractivity contribution >= 4 is 41.3 Å². The zero-order chi connectivity index (χ0) is 17.1. The number of aliphatic hydroxyl groups is 1. The summed E-state index contributed by atoms with van der Waals surface area (Å²) in [6.45, 7) is 13.5. The van der Waals surface area contributed by atoms with Crippen molar-refractivity contribution < 1.29 is 5.11 Å². The fourth-order valence-electron chi connectivity index (χ4n) is 2.29. The topological polar surface area (TPSA) is 59.9 Å². The number of halogens is 1. The van der Waals surface area contributed by atoms with Gasteiger partial charge in [-0.2, -0.15) is 11.3 Å². The van der Waals surface area contributed by atoms with Gasteiger partial charge in [0.15, 0.2) is 5.96 Å². The Morgan fingerprint density at radius 3 is 2.54 bits per heavy atom. The van der Waals surface area contributed by atoms with Gasteiger partial charge in [-0.05, 0) is 62.3 Å².